The molecule has 130 valence electrons. The minimum atomic E-state index is -4.43. The molecule has 1 aromatic carbocycles. The number of nitrogens with zero attached hydrogens (tertiary/aromatic N) is 3. The van der Waals surface area contributed by atoms with Crippen molar-refractivity contribution < 1.29 is 18.3 Å². The lowest BCUT2D eigenvalue weighted by atomic mass is 10.2. The van der Waals surface area contributed by atoms with Crippen molar-refractivity contribution in [3.8, 4) is 0 Å². The molecule has 2 rings (SSSR count). The number of aromatic nitrogens is 2. The summed E-state index contributed by atoms with van der Waals surface area (Å²) in [5, 5.41) is 11.9. The summed E-state index contributed by atoms with van der Waals surface area (Å²) >= 11 is 0. The number of anilines is 4. The lowest BCUT2D eigenvalue weighted by Crippen LogP contribution is -2.28. The number of hydrogen-bond donors (Lipinski definition) is 3. The fraction of sp³-hybridized carbons (Fsp3) is 0.333. The molecule has 1 aromatic heterocycles. The molecule has 0 aliphatic heterocycles. The van der Waals surface area contributed by atoms with E-state index in [1.54, 1.807) is 4.90 Å². The summed E-state index contributed by atoms with van der Waals surface area (Å²) in [6.45, 7) is 2.69. The molecule has 0 saturated carbocycles. The van der Waals surface area contributed by atoms with E-state index in [0.717, 1.165) is 12.1 Å². The average Bonchev–Trinajstić information content (AvgIpc) is 2.54. The molecule has 0 saturated heterocycles. The molecule has 0 aliphatic rings. The third-order valence-electron chi connectivity index (χ3n) is 3.37. The summed E-state index contributed by atoms with van der Waals surface area (Å²) in [5.74, 6) is 0.617. The molecule has 24 heavy (non-hydrogen) atoms. The Morgan fingerprint density at radius 3 is 2.67 bits per heavy atom. The molecule has 0 bridgehead atoms. The van der Waals surface area contributed by atoms with Crippen molar-refractivity contribution in [2.24, 2.45) is 0 Å². The Kier molecular flexibility index (Phi) is 5.45. The van der Waals surface area contributed by atoms with Crippen LogP contribution in [0.4, 0.5) is 36.2 Å². The largest absolute Gasteiger partial charge is 0.416 e. The maximum absolute atomic E-state index is 12.8. The van der Waals surface area contributed by atoms with Gasteiger partial charge in [0.1, 0.15) is 12.0 Å². The molecule has 1 heterocycles. The van der Waals surface area contributed by atoms with Crippen LogP contribution in [0, 0.1) is 0 Å². The second-order valence-electron chi connectivity index (χ2n) is 4.97. The first-order valence-electron chi connectivity index (χ1n) is 7.27. The first-order valence-corrected chi connectivity index (χ1v) is 7.27. The molecular weight excluding hydrogens is 323 g/mol. The van der Waals surface area contributed by atoms with Crippen LogP contribution in [0.25, 0.3) is 0 Å². The highest BCUT2D eigenvalue weighted by Gasteiger charge is 2.30. The van der Waals surface area contributed by atoms with E-state index in [4.69, 9.17) is 10.8 Å². The zero-order chi connectivity index (χ0) is 17.7. The molecule has 0 spiro atoms. The monoisotopic (exact) mass is 341 g/mol. The van der Waals surface area contributed by atoms with Crippen molar-refractivity contribution in [2.45, 2.75) is 13.1 Å². The van der Waals surface area contributed by atoms with E-state index in [-0.39, 0.29) is 23.8 Å². The summed E-state index contributed by atoms with van der Waals surface area (Å²) in [7, 11) is 0. The van der Waals surface area contributed by atoms with Crippen LogP contribution in [0.1, 0.15) is 12.5 Å². The standard InChI is InChI=1S/C15H18F3N5O/c1-2-23(6-7-24)14-12(19)13(20-9-21-14)22-11-5-3-4-10(8-11)15(16,17)18/h3-5,8-9,24H,2,6-7,19H2,1H3,(H,20,21,22). The third-order valence-corrected chi connectivity index (χ3v) is 3.37. The number of aliphatic hydroxyl groups excluding tert-OH is 1. The van der Waals surface area contributed by atoms with E-state index >= 15 is 0 Å². The highest BCUT2D eigenvalue weighted by Crippen LogP contribution is 2.33. The van der Waals surface area contributed by atoms with Crippen molar-refractivity contribution in [1.29, 1.82) is 0 Å². The molecule has 0 aliphatic carbocycles. The summed E-state index contributed by atoms with van der Waals surface area (Å²) < 4.78 is 38.3. The first-order chi connectivity index (χ1) is 11.4. The van der Waals surface area contributed by atoms with Crippen LogP contribution in [0.3, 0.4) is 0 Å². The van der Waals surface area contributed by atoms with Crippen molar-refractivity contribution in [1.82, 2.24) is 9.97 Å². The van der Waals surface area contributed by atoms with E-state index in [1.807, 2.05) is 6.92 Å². The van der Waals surface area contributed by atoms with Crippen LogP contribution in [0.2, 0.25) is 0 Å². The lowest BCUT2D eigenvalue weighted by Gasteiger charge is -2.23. The molecule has 2 aromatic rings. The van der Waals surface area contributed by atoms with Gasteiger partial charge in [0.05, 0.1) is 12.2 Å². The van der Waals surface area contributed by atoms with E-state index in [2.05, 4.69) is 15.3 Å². The number of likely N-dealkylation sites (N-methyl/N-ethyl adjacent to an activating group) is 1. The SMILES string of the molecule is CCN(CCO)c1ncnc(Nc2cccc(C(F)(F)F)c2)c1N. The van der Waals surface area contributed by atoms with Crippen LogP contribution in [0.5, 0.6) is 0 Å². The summed E-state index contributed by atoms with van der Waals surface area (Å²) in [6, 6.07) is 4.75. The first kappa shape index (κ1) is 17.8. The number of nitrogens with one attached hydrogen (secondary N) is 1. The van der Waals surface area contributed by atoms with Gasteiger partial charge in [-0.25, -0.2) is 9.97 Å². The number of benzene rings is 1. The van der Waals surface area contributed by atoms with Gasteiger partial charge in [0.25, 0.3) is 0 Å². The average molecular weight is 341 g/mol. The Morgan fingerprint density at radius 2 is 2.04 bits per heavy atom. The Balaban J connectivity index is 2.31. The quantitative estimate of drug-likeness (QED) is 0.749. The van der Waals surface area contributed by atoms with Gasteiger partial charge in [-0.15, -0.1) is 0 Å². The number of rotatable bonds is 6. The minimum Gasteiger partial charge on any atom is -0.395 e. The molecule has 9 heteroatoms. The predicted molar refractivity (Wildman–Crippen MR) is 86.1 cm³/mol. The van der Waals surface area contributed by atoms with Crippen LogP contribution >= 0.6 is 0 Å². The zero-order valence-corrected chi connectivity index (χ0v) is 13.0. The summed E-state index contributed by atoms with van der Waals surface area (Å²) in [5.41, 5.74) is 5.67. The van der Waals surface area contributed by atoms with Gasteiger partial charge in [-0.05, 0) is 25.1 Å². The van der Waals surface area contributed by atoms with Crippen molar-refractivity contribution in [2.75, 3.05) is 35.6 Å². The van der Waals surface area contributed by atoms with Gasteiger partial charge in [0.2, 0.25) is 0 Å². The molecular formula is C15H18F3N5O. The predicted octanol–water partition coefficient (Wildman–Crippen LogP) is 2.64. The van der Waals surface area contributed by atoms with Crippen LogP contribution in [0.15, 0.2) is 30.6 Å². The van der Waals surface area contributed by atoms with Gasteiger partial charge in [-0.3, -0.25) is 0 Å². The maximum Gasteiger partial charge on any atom is 0.416 e. The minimum absolute atomic E-state index is 0.0757. The Morgan fingerprint density at radius 1 is 1.29 bits per heavy atom. The van der Waals surface area contributed by atoms with Crippen molar-refractivity contribution in [3.63, 3.8) is 0 Å². The van der Waals surface area contributed by atoms with Gasteiger partial charge < -0.3 is 21.1 Å². The number of nitrogens with two attached hydrogens (primary N) is 1. The van der Waals surface area contributed by atoms with Gasteiger partial charge in [-0.1, -0.05) is 6.07 Å². The van der Waals surface area contributed by atoms with E-state index < -0.39 is 11.7 Å². The molecule has 4 N–H and O–H groups in total. The number of aliphatic hydroxyl groups is 1. The van der Waals surface area contributed by atoms with Gasteiger partial charge >= 0.3 is 6.18 Å². The smallest absolute Gasteiger partial charge is 0.395 e. The topological polar surface area (TPSA) is 87.3 Å². The van der Waals surface area contributed by atoms with Crippen molar-refractivity contribution >= 4 is 23.0 Å². The zero-order valence-electron chi connectivity index (χ0n) is 13.0. The second-order valence-corrected chi connectivity index (χ2v) is 4.97. The number of hydrogen-bond acceptors (Lipinski definition) is 6. The Hall–Kier alpha value is -2.55. The fourth-order valence-corrected chi connectivity index (χ4v) is 2.18. The Bertz CT molecular complexity index is 693. The molecule has 0 fully saturated rings. The van der Waals surface area contributed by atoms with Gasteiger partial charge in [-0.2, -0.15) is 13.2 Å². The van der Waals surface area contributed by atoms with E-state index in [1.165, 1.54) is 18.5 Å². The van der Waals surface area contributed by atoms with Crippen LogP contribution < -0.4 is 16.0 Å². The number of nitrogen functional groups attached to an aromatic ring is 1. The lowest BCUT2D eigenvalue weighted by molar-refractivity contribution is -0.137. The fourth-order valence-electron chi connectivity index (χ4n) is 2.18. The molecule has 0 amide bonds. The van der Waals surface area contributed by atoms with Gasteiger partial charge in [0, 0.05) is 18.8 Å². The van der Waals surface area contributed by atoms with Gasteiger partial charge in [0.15, 0.2) is 11.6 Å². The second kappa shape index (κ2) is 7.35. The van der Waals surface area contributed by atoms with E-state index in [0.29, 0.717) is 18.9 Å². The normalized spacial score (nSPS) is 11.4. The van der Waals surface area contributed by atoms with Crippen LogP contribution in [-0.2, 0) is 6.18 Å². The highest BCUT2D eigenvalue weighted by molar-refractivity contribution is 5.78. The summed E-state index contributed by atoms with van der Waals surface area (Å²) in [6.07, 6.45) is -3.16. The number of alkyl halides is 3. The maximum atomic E-state index is 12.8. The summed E-state index contributed by atoms with van der Waals surface area (Å²) in [4.78, 5) is 9.82. The van der Waals surface area contributed by atoms with Crippen LogP contribution in [-0.4, -0.2) is 34.8 Å². The number of halogens is 3. The van der Waals surface area contributed by atoms with E-state index in [9.17, 15) is 13.2 Å². The highest BCUT2D eigenvalue weighted by atomic mass is 19.4. The molecule has 6 nitrogen and oxygen atoms in total. The molecule has 0 atom stereocenters. The molecule has 0 radical (unpaired) electrons. The Labute approximate surface area is 137 Å². The molecule has 0 unspecified atom stereocenters. The van der Waals surface area contributed by atoms with Crippen molar-refractivity contribution in [3.05, 3.63) is 36.2 Å². The third kappa shape index (κ3) is 4.05.